The molecule has 0 radical (unpaired) electrons. The first-order chi connectivity index (χ1) is 7.74. The standard InChI is InChI=1S/C12H13NOS2/c1-3-8-6-9(4-5-10(8)14-2)12-13-11(15)7-16-12/h4-7,15H,3H2,1-2H3. The maximum absolute atomic E-state index is 5.30. The van der Waals surface area contributed by atoms with Gasteiger partial charge >= 0.3 is 0 Å². The van der Waals surface area contributed by atoms with Crippen LogP contribution in [-0.4, -0.2) is 12.1 Å². The Bertz CT molecular complexity index is 494. The van der Waals surface area contributed by atoms with Crippen LogP contribution in [0.15, 0.2) is 28.6 Å². The average molecular weight is 251 g/mol. The lowest BCUT2D eigenvalue weighted by Gasteiger charge is -2.07. The first-order valence-electron chi connectivity index (χ1n) is 5.06. The van der Waals surface area contributed by atoms with Crippen molar-refractivity contribution in [3.63, 3.8) is 0 Å². The molecule has 1 aromatic heterocycles. The van der Waals surface area contributed by atoms with Gasteiger partial charge in [0.25, 0.3) is 0 Å². The number of rotatable bonds is 3. The number of hydrogen-bond donors (Lipinski definition) is 1. The molecule has 0 atom stereocenters. The number of thiazole rings is 1. The van der Waals surface area contributed by atoms with Crippen LogP contribution in [0.25, 0.3) is 10.6 Å². The second kappa shape index (κ2) is 4.89. The Balaban J connectivity index is 2.43. The molecule has 0 unspecified atom stereocenters. The van der Waals surface area contributed by atoms with Crippen LogP contribution in [0.3, 0.4) is 0 Å². The molecular weight excluding hydrogens is 238 g/mol. The number of nitrogens with zero attached hydrogens (tertiary/aromatic N) is 1. The van der Waals surface area contributed by atoms with Gasteiger partial charge in [0.2, 0.25) is 0 Å². The van der Waals surface area contributed by atoms with Crippen LogP contribution in [0, 0.1) is 0 Å². The summed E-state index contributed by atoms with van der Waals surface area (Å²) in [6, 6.07) is 6.16. The van der Waals surface area contributed by atoms with E-state index in [1.54, 1.807) is 18.4 Å². The largest absolute Gasteiger partial charge is 0.496 e. The molecule has 1 aromatic carbocycles. The van der Waals surface area contributed by atoms with Crippen molar-refractivity contribution in [1.82, 2.24) is 4.98 Å². The summed E-state index contributed by atoms with van der Waals surface area (Å²) in [7, 11) is 1.70. The van der Waals surface area contributed by atoms with Crippen molar-refractivity contribution in [2.75, 3.05) is 7.11 Å². The first-order valence-corrected chi connectivity index (χ1v) is 6.39. The van der Waals surface area contributed by atoms with Gasteiger partial charge in [0, 0.05) is 10.9 Å². The van der Waals surface area contributed by atoms with Crippen LogP contribution in [0.5, 0.6) is 5.75 Å². The fraction of sp³-hybridized carbons (Fsp3) is 0.250. The molecular formula is C12H13NOS2. The minimum Gasteiger partial charge on any atom is -0.496 e. The van der Waals surface area contributed by atoms with E-state index in [1.165, 1.54) is 5.56 Å². The van der Waals surface area contributed by atoms with E-state index in [0.29, 0.717) is 0 Å². The molecule has 2 aromatic rings. The molecule has 0 bridgehead atoms. The minimum absolute atomic E-state index is 0.772. The van der Waals surface area contributed by atoms with Crippen molar-refractivity contribution >= 4 is 24.0 Å². The van der Waals surface area contributed by atoms with Gasteiger partial charge in [-0.1, -0.05) is 6.92 Å². The zero-order valence-corrected chi connectivity index (χ0v) is 10.9. The molecule has 0 saturated heterocycles. The van der Waals surface area contributed by atoms with Gasteiger partial charge in [0.1, 0.15) is 15.8 Å². The molecule has 4 heteroatoms. The fourth-order valence-electron chi connectivity index (χ4n) is 1.59. The van der Waals surface area contributed by atoms with E-state index < -0.39 is 0 Å². The van der Waals surface area contributed by atoms with Crippen molar-refractivity contribution in [3.8, 4) is 16.3 Å². The van der Waals surface area contributed by atoms with Crippen LogP contribution in [0.1, 0.15) is 12.5 Å². The molecule has 0 fully saturated rings. The van der Waals surface area contributed by atoms with Crippen LogP contribution < -0.4 is 4.74 Å². The maximum Gasteiger partial charge on any atom is 0.124 e. The van der Waals surface area contributed by atoms with Crippen LogP contribution in [-0.2, 0) is 6.42 Å². The number of methoxy groups -OCH3 is 1. The highest BCUT2D eigenvalue weighted by Crippen LogP contribution is 2.29. The molecule has 0 aliphatic carbocycles. The summed E-state index contributed by atoms with van der Waals surface area (Å²) in [4.78, 5) is 4.35. The topological polar surface area (TPSA) is 22.1 Å². The maximum atomic E-state index is 5.30. The average Bonchev–Trinajstić information content (AvgIpc) is 2.75. The van der Waals surface area contributed by atoms with Crippen LogP contribution >= 0.6 is 24.0 Å². The molecule has 16 heavy (non-hydrogen) atoms. The zero-order valence-electron chi connectivity index (χ0n) is 9.23. The number of ether oxygens (including phenoxy) is 1. The first kappa shape index (κ1) is 11.5. The predicted octanol–water partition coefficient (Wildman–Crippen LogP) is 3.67. The van der Waals surface area contributed by atoms with Gasteiger partial charge in [-0.25, -0.2) is 4.98 Å². The molecule has 1 heterocycles. The zero-order chi connectivity index (χ0) is 11.5. The normalized spacial score (nSPS) is 10.4. The van der Waals surface area contributed by atoms with E-state index >= 15 is 0 Å². The van der Waals surface area contributed by atoms with Crippen molar-refractivity contribution in [2.45, 2.75) is 18.4 Å². The Labute approximate surface area is 105 Å². The Morgan fingerprint density at radius 3 is 2.81 bits per heavy atom. The second-order valence-corrected chi connectivity index (χ2v) is 4.71. The summed E-state index contributed by atoms with van der Waals surface area (Å²) in [5, 5.41) is 3.71. The monoisotopic (exact) mass is 251 g/mol. The highest BCUT2D eigenvalue weighted by molar-refractivity contribution is 7.80. The van der Waals surface area contributed by atoms with Gasteiger partial charge in [0.15, 0.2) is 0 Å². The summed E-state index contributed by atoms with van der Waals surface area (Å²) < 4.78 is 5.30. The molecule has 0 amide bonds. The van der Waals surface area contributed by atoms with Crippen molar-refractivity contribution in [1.29, 1.82) is 0 Å². The predicted molar refractivity (Wildman–Crippen MR) is 70.7 cm³/mol. The van der Waals surface area contributed by atoms with Crippen molar-refractivity contribution in [2.24, 2.45) is 0 Å². The summed E-state index contributed by atoms with van der Waals surface area (Å²) in [6.45, 7) is 2.12. The SMILES string of the molecule is CCc1cc(-c2nc(S)cs2)ccc1OC. The van der Waals surface area contributed by atoms with Gasteiger partial charge in [-0.15, -0.1) is 24.0 Å². The van der Waals surface area contributed by atoms with E-state index in [-0.39, 0.29) is 0 Å². The van der Waals surface area contributed by atoms with E-state index in [9.17, 15) is 0 Å². The van der Waals surface area contributed by atoms with Gasteiger partial charge in [0.05, 0.1) is 7.11 Å². The van der Waals surface area contributed by atoms with E-state index in [2.05, 4.69) is 30.6 Å². The smallest absolute Gasteiger partial charge is 0.124 e. The summed E-state index contributed by atoms with van der Waals surface area (Å²) in [6.07, 6.45) is 0.954. The molecule has 2 nitrogen and oxygen atoms in total. The Morgan fingerprint density at radius 1 is 1.44 bits per heavy atom. The Morgan fingerprint density at radius 2 is 2.25 bits per heavy atom. The van der Waals surface area contributed by atoms with Gasteiger partial charge < -0.3 is 4.74 Å². The fourth-order valence-corrected chi connectivity index (χ4v) is 2.60. The lowest BCUT2D eigenvalue weighted by Crippen LogP contribution is -1.90. The van der Waals surface area contributed by atoms with E-state index in [0.717, 1.165) is 27.8 Å². The lowest BCUT2D eigenvalue weighted by molar-refractivity contribution is 0.410. The Hall–Kier alpha value is -1.00. The number of thiol groups is 1. The van der Waals surface area contributed by atoms with E-state index in [1.807, 2.05) is 17.5 Å². The molecule has 0 saturated carbocycles. The number of hydrogen-bond acceptors (Lipinski definition) is 4. The molecule has 84 valence electrons. The molecule has 0 aliphatic heterocycles. The van der Waals surface area contributed by atoms with E-state index in [4.69, 9.17) is 4.74 Å². The summed E-state index contributed by atoms with van der Waals surface area (Å²) in [5.74, 6) is 0.939. The van der Waals surface area contributed by atoms with Crippen LogP contribution in [0.2, 0.25) is 0 Å². The lowest BCUT2D eigenvalue weighted by atomic mass is 10.1. The third-order valence-corrected chi connectivity index (χ3v) is 3.70. The molecule has 2 rings (SSSR count). The summed E-state index contributed by atoms with van der Waals surface area (Å²) >= 11 is 5.82. The summed E-state index contributed by atoms with van der Waals surface area (Å²) in [5.41, 5.74) is 2.33. The quantitative estimate of drug-likeness (QED) is 0.841. The number of aryl methyl sites for hydroxylation is 1. The second-order valence-electron chi connectivity index (χ2n) is 3.39. The molecule has 0 spiro atoms. The number of benzene rings is 1. The number of aromatic nitrogens is 1. The molecule has 0 aliphatic rings. The van der Waals surface area contributed by atoms with Gasteiger partial charge in [-0.2, -0.15) is 0 Å². The minimum atomic E-state index is 0.772. The van der Waals surface area contributed by atoms with Crippen molar-refractivity contribution in [3.05, 3.63) is 29.1 Å². The third-order valence-electron chi connectivity index (χ3n) is 2.40. The third kappa shape index (κ3) is 2.23. The highest BCUT2D eigenvalue weighted by atomic mass is 32.1. The highest BCUT2D eigenvalue weighted by Gasteiger charge is 2.07. The van der Waals surface area contributed by atoms with Gasteiger partial charge in [-0.05, 0) is 30.2 Å². The molecule has 0 N–H and O–H groups in total. The van der Waals surface area contributed by atoms with Crippen molar-refractivity contribution < 1.29 is 4.74 Å². The van der Waals surface area contributed by atoms with Gasteiger partial charge in [-0.3, -0.25) is 0 Å². The Kier molecular flexibility index (Phi) is 3.51. The van der Waals surface area contributed by atoms with Crippen LogP contribution in [0.4, 0.5) is 0 Å².